The highest BCUT2D eigenvalue weighted by molar-refractivity contribution is 5.86. The lowest BCUT2D eigenvalue weighted by Gasteiger charge is -2.06. The van der Waals surface area contributed by atoms with Gasteiger partial charge >= 0.3 is 12.0 Å². The summed E-state index contributed by atoms with van der Waals surface area (Å²) in [5, 5.41) is 15.2. The molecule has 19 heavy (non-hydrogen) atoms. The summed E-state index contributed by atoms with van der Waals surface area (Å²) in [6.07, 6.45) is 0. The molecule has 0 aliphatic heterocycles. The maximum absolute atomic E-state index is 11.9. The fraction of sp³-hybridized carbons (Fsp3) is 0.154. The summed E-state index contributed by atoms with van der Waals surface area (Å²) in [6, 6.07) is 10.3. The standard InChI is InChI=1S/C13H13N3O3/c1-9-7-11(12(17)18)15-16(9)13(19)14-8-10-5-3-2-4-6-10/h2-7H,8H2,1H3,(H,14,19)(H,17,18). The van der Waals surface area contributed by atoms with Crippen LogP contribution < -0.4 is 5.32 Å². The molecule has 6 nitrogen and oxygen atoms in total. The SMILES string of the molecule is Cc1cc(C(=O)O)nn1C(=O)NCc1ccccc1. The third kappa shape index (κ3) is 2.98. The van der Waals surface area contributed by atoms with Crippen LogP contribution in [-0.4, -0.2) is 26.9 Å². The zero-order valence-corrected chi connectivity index (χ0v) is 10.3. The molecule has 1 heterocycles. The van der Waals surface area contributed by atoms with Gasteiger partial charge in [0.2, 0.25) is 0 Å². The molecule has 0 fully saturated rings. The Morgan fingerprint density at radius 2 is 2.00 bits per heavy atom. The predicted octanol–water partition coefficient (Wildman–Crippen LogP) is 1.65. The minimum atomic E-state index is -1.15. The number of carboxylic acids is 1. The van der Waals surface area contributed by atoms with Gasteiger partial charge in [0, 0.05) is 12.2 Å². The number of rotatable bonds is 3. The van der Waals surface area contributed by atoms with Crippen molar-refractivity contribution in [2.24, 2.45) is 0 Å². The molecule has 0 bridgehead atoms. The van der Waals surface area contributed by atoms with E-state index in [1.165, 1.54) is 6.07 Å². The lowest BCUT2D eigenvalue weighted by Crippen LogP contribution is -2.29. The van der Waals surface area contributed by atoms with Crippen LogP contribution >= 0.6 is 0 Å². The number of carboxylic acid groups (broad SMARTS) is 1. The van der Waals surface area contributed by atoms with Gasteiger partial charge in [0.1, 0.15) is 0 Å². The maximum Gasteiger partial charge on any atom is 0.356 e. The molecule has 0 saturated heterocycles. The van der Waals surface area contributed by atoms with E-state index in [2.05, 4.69) is 10.4 Å². The number of nitrogens with one attached hydrogen (secondary N) is 1. The van der Waals surface area contributed by atoms with Crippen molar-refractivity contribution in [1.82, 2.24) is 15.1 Å². The molecule has 0 unspecified atom stereocenters. The van der Waals surface area contributed by atoms with E-state index in [9.17, 15) is 9.59 Å². The van der Waals surface area contributed by atoms with Crippen molar-refractivity contribution in [3.8, 4) is 0 Å². The van der Waals surface area contributed by atoms with Crippen LogP contribution in [-0.2, 0) is 6.54 Å². The molecular weight excluding hydrogens is 246 g/mol. The van der Waals surface area contributed by atoms with Crippen LogP contribution in [0.1, 0.15) is 21.7 Å². The van der Waals surface area contributed by atoms with E-state index in [0.29, 0.717) is 12.2 Å². The Morgan fingerprint density at radius 1 is 1.32 bits per heavy atom. The van der Waals surface area contributed by atoms with Gasteiger partial charge in [-0.15, -0.1) is 0 Å². The van der Waals surface area contributed by atoms with Crippen molar-refractivity contribution in [3.05, 3.63) is 53.3 Å². The van der Waals surface area contributed by atoms with E-state index in [1.54, 1.807) is 6.92 Å². The van der Waals surface area contributed by atoms with E-state index >= 15 is 0 Å². The molecule has 2 aromatic rings. The normalized spacial score (nSPS) is 10.2. The van der Waals surface area contributed by atoms with Crippen LogP contribution in [0.5, 0.6) is 0 Å². The van der Waals surface area contributed by atoms with Gasteiger partial charge in [0.15, 0.2) is 5.69 Å². The van der Waals surface area contributed by atoms with Gasteiger partial charge in [-0.2, -0.15) is 9.78 Å². The van der Waals surface area contributed by atoms with E-state index in [-0.39, 0.29) is 5.69 Å². The molecule has 0 saturated carbocycles. The van der Waals surface area contributed by atoms with Crippen molar-refractivity contribution in [3.63, 3.8) is 0 Å². The highest BCUT2D eigenvalue weighted by atomic mass is 16.4. The van der Waals surface area contributed by atoms with Crippen LogP contribution in [0.3, 0.4) is 0 Å². The van der Waals surface area contributed by atoms with Gasteiger partial charge in [-0.25, -0.2) is 9.59 Å². The number of benzene rings is 1. The third-order valence-corrected chi connectivity index (χ3v) is 2.59. The summed E-state index contributed by atoms with van der Waals surface area (Å²) in [5.74, 6) is -1.15. The first-order valence-electron chi connectivity index (χ1n) is 5.70. The number of nitrogens with zero attached hydrogens (tertiary/aromatic N) is 2. The van der Waals surface area contributed by atoms with E-state index in [1.807, 2.05) is 30.3 Å². The lowest BCUT2D eigenvalue weighted by atomic mass is 10.2. The van der Waals surface area contributed by atoms with E-state index in [0.717, 1.165) is 10.2 Å². The molecule has 0 atom stereocenters. The molecule has 1 aromatic carbocycles. The minimum absolute atomic E-state index is 0.146. The van der Waals surface area contributed by atoms with Gasteiger partial charge in [0.25, 0.3) is 0 Å². The Kier molecular flexibility index (Phi) is 3.61. The van der Waals surface area contributed by atoms with Crippen LogP contribution in [0.25, 0.3) is 0 Å². The fourth-order valence-corrected chi connectivity index (χ4v) is 1.63. The molecule has 2 N–H and O–H groups in total. The van der Waals surface area contributed by atoms with Crippen LogP contribution in [0.4, 0.5) is 4.79 Å². The van der Waals surface area contributed by atoms with Crippen LogP contribution in [0.2, 0.25) is 0 Å². The zero-order valence-electron chi connectivity index (χ0n) is 10.3. The molecular formula is C13H13N3O3. The number of amides is 1. The van der Waals surface area contributed by atoms with Gasteiger partial charge in [-0.05, 0) is 18.6 Å². The average Bonchev–Trinajstić information content (AvgIpc) is 2.80. The monoisotopic (exact) mass is 259 g/mol. The van der Waals surface area contributed by atoms with Crippen molar-refractivity contribution in [1.29, 1.82) is 0 Å². The summed E-state index contributed by atoms with van der Waals surface area (Å²) in [5.41, 5.74) is 1.29. The average molecular weight is 259 g/mol. The molecule has 2 rings (SSSR count). The van der Waals surface area contributed by atoms with E-state index in [4.69, 9.17) is 5.11 Å². The van der Waals surface area contributed by atoms with Gasteiger partial charge in [0.05, 0.1) is 0 Å². The lowest BCUT2D eigenvalue weighted by molar-refractivity contribution is 0.0690. The van der Waals surface area contributed by atoms with Crippen molar-refractivity contribution in [2.75, 3.05) is 0 Å². The third-order valence-electron chi connectivity index (χ3n) is 2.59. The zero-order chi connectivity index (χ0) is 13.8. The molecule has 6 heteroatoms. The highest BCUT2D eigenvalue weighted by Crippen LogP contribution is 2.03. The van der Waals surface area contributed by atoms with Crippen molar-refractivity contribution < 1.29 is 14.7 Å². The van der Waals surface area contributed by atoms with Crippen molar-refractivity contribution in [2.45, 2.75) is 13.5 Å². The predicted molar refractivity (Wildman–Crippen MR) is 68.0 cm³/mol. The fourth-order valence-electron chi connectivity index (χ4n) is 1.63. The second-order valence-corrected chi connectivity index (χ2v) is 4.03. The molecule has 1 aromatic heterocycles. The first-order valence-corrected chi connectivity index (χ1v) is 5.70. The Labute approximate surface area is 109 Å². The van der Waals surface area contributed by atoms with Crippen LogP contribution in [0, 0.1) is 6.92 Å². The molecule has 0 aliphatic rings. The summed E-state index contributed by atoms with van der Waals surface area (Å²) in [6.45, 7) is 1.99. The summed E-state index contributed by atoms with van der Waals surface area (Å²) in [7, 11) is 0. The Morgan fingerprint density at radius 3 is 2.58 bits per heavy atom. The Balaban J connectivity index is 2.06. The number of aryl methyl sites for hydroxylation is 1. The van der Waals surface area contributed by atoms with Gasteiger partial charge in [-0.1, -0.05) is 30.3 Å². The number of aromatic carboxylic acids is 1. The van der Waals surface area contributed by atoms with Gasteiger partial charge in [-0.3, -0.25) is 0 Å². The second-order valence-electron chi connectivity index (χ2n) is 4.03. The van der Waals surface area contributed by atoms with Crippen LogP contribution in [0.15, 0.2) is 36.4 Å². The largest absolute Gasteiger partial charge is 0.476 e. The smallest absolute Gasteiger partial charge is 0.356 e. The number of hydrogen-bond acceptors (Lipinski definition) is 3. The number of hydrogen-bond donors (Lipinski definition) is 2. The number of carbonyl (C=O) groups excluding carboxylic acids is 1. The molecule has 0 aliphatic carbocycles. The Hall–Kier alpha value is -2.63. The first-order chi connectivity index (χ1) is 9.08. The van der Waals surface area contributed by atoms with E-state index < -0.39 is 12.0 Å². The number of aromatic nitrogens is 2. The summed E-state index contributed by atoms with van der Waals surface area (Å²) in [4.78, 5) is 22.6. The molecule has 0 radical (unpaired) electrons. The topological polar surface area (TPSA) is 84.2 Å². The summed E-state index contributed by atoms with van der Waals surface area (Å²) < 4.78 is 1.05. The highest BCUT2D eigenvalue weighted by Gasteiger charge is 2.14. The molecule has 1 amide bonds. The second kappa shape index (κ2) is 5.34. The minimum Gasteiger partial charge on any atom is -0.476 e. The van der Waals surface area contributed by atoms with Gasteiger partial charge < -0.3 is 10.4 Å². The summed E-state index contributed by atoms with van der Waals surface area (Å²) >= 11 is 0. The Bertz CT molecular complexity index is 605. The van der Waals surface area contributed by atoms with Crippen molar-refractivity contribution >= 4 is 12.0 Å². The first kappa shape index (κ1) is 12.8. The number of carbonyl (C=O) groups is 2. The molecule has 98 valence electrons. The quantitative estimate of drug-likeness (QED) is 0.877. The maximum atomic E-state index is 11.9. The molecule has 0 spiro atoms.